The summed E-state index contributed by atoms with van der Waals surface area (Å²) in [4.78, 5) is 0. The van der Waals surface area contributed by atoms with Gasteiger partial charge in [-0.3, -0.25) is 0 Å². The van der Waals surface area contributed by atoms with Crippen molar-refractivity contribution in [2.45, 2.75) is 12.3 Å². The lowest BCUT2D eigenvalue weighted by Gasteiger charge is -2.15. The van der Waals surface area contributed by atoms with E-state index in [1.54, 1.807) is 12.1 Å². The molecule has 94 valence electrons. The Balaban J connectivity index is 2.14. The summed E-state index contributed by atoms with van der Waals surface area (Å²) >= 11 is 0. The zero-order valence-corrected chi connectivity index (χ0v) is 10.1. The van der Waals surface area contributed by atoms with E-state index < -0.39 is 0 Å². The lowest BCUT2D eigenvalue weighted by Crippen LogP contribution is -2.15. The van der Waals surface area contributed by atoms with Gasteiger partial charge >= 0.3 is 0 Å². The summed E-state index contributed by atoms with van der Waals surface area (Å²) in [6.45, 7) is 0.538. The molecule has 0 saturated carbocycles. The largest absolute Gasteiger partial charge is 0.399 e. The van der Waals surface area contributed by atoms with Crippen molar-refractivity contribution in [1.29, 1.82) is 0 Å². The van der Waals surface area contributed by atoms with Gasteiger partial charge in [0.25, 0.3) is 0 Å². The van der Waals surface area contributed by atoms with Gasteiger partial charge in [-0.2, -0.15) is 0 Å². The number of nitrogens with two attached hydrogens (primary N) is 2. The van der Waals surface area contributed by atoms with Crippen LogP contribution in [-0.4, -0.2) is 6.54 Å². The molecule has 1 atom stereocenters. The molecule has 2 nitrogen and oxygen atoms in total. The third kappa shape index (κ3) is 3.08. The van der Waals surface area contributed by atoms with Crippen LogP contribution in [0.25, 0.3) is 0 Å². The zero-order chi connectivity index (χ0) is 13.0. The van der Waals surface area contributed by atoms with Crippen molar-refractivity contribution in [3.8, 4) is 0 Å². The fraction of sp³-hybridized carbons (Fsp3) is 0.200. The summed E-state index contributed by atoms with van der Waals surface area (Å²) < 4.78 is 12.9. The zero-order valence-electron chi connectivity index (χ0n) is 10.1. The van der Waals surface area contributed by atoms with Crippen LogP contribution in [0.1, 0.15) is 17.0 Å². The summed E-state index contributed by atoms with van der Waals surface area (Å²) in [7, 11) is 0. The van der Waals surface area contributed by atoms with Crippen molar-refractivity contribution in [1.82, 2.24) is 0 Å². The number of rotatable bonds is 4. The van der Waals surface area contributed by atoms with Gasteiger partial charge < -0.3 is 11.5 Å². The van der Waals surface area contributed by atoms with Crippen LogP contribution < -0.4 is 11.5 Å². The fourth-order valence-electron chi connectivity index (χ4n) is 2.01. The summed E-state index contributed by atoms with van der Waals surface area (Å²) in [5.41, 5.74) is 14.5. The van der Waals surface area contributed by atoms with E-state index in [4.69, 9.17) is 11.5 Å². The molecule has 0 radical (unpaired) electrons. The Morgan fingerprint density at radius 3 is 2.11 bits per heavy atom. The smallest absolute Gasteiger partial charge is 0.123 e. The molecular formula is C15H17FN2. The van der Waals surface area contributed by atoms with Gasteiger partial charge in [-0.05, 0) is 48.4 Å². The fourth-order valence-corrected chi connectivity index (χ4v) is 2.01. The van der Waals surface area contributed by atoms with Crippen LogP contribution in [0.3, 0.4) is 0 Å². The van der Waals surface area contributed by atoms with E-state index in [1.165, 1.54) is 17.7 Å². The number of halogens is 1. The standard InChI is InChI=1S/C15H17FN2/c16-14-5-3-12(4-6-14)13(10-17)9-11-1-7-15(18)8-2-11/h1-8,13H,9-10,17-18H2. The van der Waals surface area contributed by atoms with Gasteiger partial charge in [0.1, 0.15) is 5.82 Å². The number of hydrogen-bond acceptors (Lipinski definition) is 2. The molecule has 2 rings (SSSR count). The van der Waals surface area contributed by atoms with Crippen LogP contribution in [0, 0.1) is 5.82 Å². The first kappa shape index (κ1) is 12.6. The summed E-state index contributed by atoms with van der Waals surface area (Å²) in [6.07, 6.45) is 0.836. The first-order chi connectivity index (χ1) is 8.69. The second-order valence-corrected chi connectivity index (χ2v) is 4.43. The molecule has 0 aromatic heterocycles. The summed E-state index contributed by atoms with van der Waals surface area (Å²) in [6, 6.07) is 14.3. The lowest BCUT2D eigenvalue weighted by atomic mass is 9.92. The summed E-state index contributed by atoms with van der Waals surface area (Å²) in [5, 5.41) is 0. The molecule has 0 heterocycles. The maximum Gasteiger partial charge on any atom is 0.123 e. The van der Waals surface area contributed by atoms with Gasteiger partial charge in [-0.1, -0.05) is 24.3 Å². The molecule has 0 amide bonds. The van der Waals surface area contributed by atoms with E-state index in [1.807, 2.05) is 24.3 Å². The van der Waals surface area contributed by atoms with Crippen molar-refractivity contribution in [3.05, 3.63) is 65.5 Å². The molecule has 0 fully saturated rings. The second-order valence-electron chi connectivity index (χ2n) is 4.43. The average Bonchev–Trinajstić information content (AvgIpc) is 2.39. The highest BCUT2D eigenvalue weighted by Gasteiger charge is 2.10. The molecule has 1 unspecified atom stereocenters. The van der Waals surface area contributed by atoms with E-state index in [0.717, 1.165) is 17.7 Å². The molecule has 0 saturated heterocycles. The average molecular weight is 244 g/mol. The Labute approximate surface area is 106 Å². The van der Waals surface area contributed by atoms with Gasteiger partial charge in [0.15, 0.2) is 0 Å². The Bertz CT molecular complexity index is 491. The normalized spacial score (nSPS) is 12.3. The predicted octanol–water partition coefficient (Wildman–Crippen LogP) is 2.69. The summed E-state index contributed by atoms with van der Waals surface area (Å²) in [5.74, 6) is -0.0174. The molecule has 3 heteroatoms. The maximum atomic E-state index is 12.9. The van der Waals surface area contributed by atoms with Crippen LogP contribution in [0.2, 0.25) is 0 Å². The second kappa shape index (κ2) is 5.65. The molecule has 4 N–H and O–H groups in total. The van der Waals surface area contributed by atoms with Crippen LogP contribution in [0.15, 0.2) is 48.5 Å². The molecule has 0 aliphatic rings. The maximum absolute atomic E-state index is 12.9. The molecular weight excluding hydrogens is 227 g/mol. The monoisotopic (exact) mass is 244 g/mol. The number of hydrogen-bond donors (Lipinski definition) is 2. The van der Waals surface area contributed by atoms with Crippen molar-refractivity contribution in [2.75, 3.05) is 12.3 Å². The van der Waals surface area contributed by atoms with Gasteiger partial charge in [0.05, 0.1) is 0 Å². The van der Waals surface area contributed by atoms with Crippen molar-refractivity contribution >= 4 is 5.69 Å². The van der Waals surface area contributed by atoms with Crippen LogP contribution in [-0.2, 0) is 6.42 Å². The van der Waals surface area contributed by atoms with Crippen LogP contribution in [0.5, 0.6) is 0 Å². The topological polar surface area (TPSA) is 52.0 Å². The molecule has 0 aliphatic carbocycles. The predicted molar refractivity (Wildman–Crippen MR) is 72.8 cm³/mol. The van der Waals surface area contributed by atoms with E-state index in [9.17, 15) is 4.39 Å². The molecule has 2 aromatic rings. The van der Waals surface area contributed by atoms with Gasteiger partial charge in [0.2, 0.25) is 0 Å². The van der Waals surface area contributed by atoms with E-state index in [0.29, 0.717) is 6.54 Å². The van der Waals surface area contributed by atoms with Crippen LogP contribution >= 0.6 is 0 Å². The Hall–Kier alpha value is -1.87. The number of nitrogen functional groups attached to an aromatic ring is 1. The van der Waals surface area contributed by atoms with Crippen molar-refractivity contribution in [3.63, 3.8) is 0 Å². The van der Waals surface area contributed by atoms with E-state index in [-0.39, 0.29) is 11.7 Å². The third-order valence-corrected chi connectivity index (χ3v) is 3.09. The highest BCUT2D eigenvalue weighted by molar-refractivity contribution is 5.39. The molecule has 0 spiro atoms. The van der Waals surface area contributed by atoms with Crippen LogP contribution in [0.4, 0.5) is 10.1 Å². The molecule has 0 bridgehead atoms. The Morgan fingerprint density at radius 2 is 1.56 bits per heavy atom. The van der Waals surface area contributed by atoms with Gasteiger partial charge in [0, 0.05) is 11.6 Å². The highest BCUT2D eigenvalue weighted by Crippen LogP contribution is 2.21. The van der Waals surface area contributed by atoms with Crippen molar-refractivity contribution in [2.24, 2.45) is 5.73 Å². The number of anilines is 1. The van der Waals surface area contributed by atoms with Crippen molar-refractivity contribution < 1.29 is 4.39 Å². The lowest BCUT2D eigenvalue weighted by molar-refractivity contribution is 0.623. The minimum absolute atomic E-state index is 0.203. The third-order valence-electron chi connectivity index (χ3n) is 3.09. The molecule has 18 heavy (non-hydrogen) atoms. The van der Waals surface area contributed by atoms with Gasteiger partial charge in [-0.25, -0.2) is 4.39 Å². The minimum Gasteiger partial charge on any atom is -0.399 e. The highest BCUT2D eigenvalue weighted by atomic mass is 19.1. The molecule has 2 aromatic carbocycles. The van der Waals surface area contributed by atoms with E-state index in [2.05, 4.69) is 0 Å². The van der Waals surface area contributed by atoms with E-state index >= 15 is 0 Å². The Kier molecular flexibility index (Phi) is 3.95. The first-order valence-corrected chi connectivity index (χ1v) is 5.99. The number of benzene rings is 2. The Morgan fingerprint density at radius 1 is 0.944 bits per heavy atom. The molecule has 0 aliphatic heterocycles. The SMILES string of the molecule is NCC(Cc1ccc(N)cc1)c1ccc(F)cc1. The minimum atomic E-state index is -0.220. The van der Waals surface area contributed by atoms with Gasteiger partial charge in [-0.15, -0.1) is 0 Å². The first-order valence-electron chi connectivity index (χ1n) is 5.99. The quantitative estimate of drug-likeness (QED) is 0.812.